The van der Waals surface area contributed by atoms with E-state index in [0.717, 1.165) is 5.56 Å². The van der Waals surface area contributed by atoms with Crippen LogP contribution in [0.15, 0.2) is 71.2 Å². The number of ketones is 1. The van der Waals surface area contributed by atoms with E-state index >= 15 is 0 Å². The predicted molar refractivity (Wildman–Crippen MR) is 125 cm³/mol. The van der Waals surface area contributed by atoms with E-state index in [9.17, 15) is 9.59 Å². The predicted octanol–water partition coefficient (Wildman–Crippen LogP) is 5.59. The molecule has 3 aromatic carbocycles. The Morgan fingerprint density at radius 1 is 0.781 bits per heavy atom. The van der Waals surface area contributed by atoms with Gasteiger partial charge in [-0.05, 0) is 54.6 Å². The Balaban J connectivity index is 1.87. The summed E-state index contributed by atoms with van der Waals surface area (Å²) in [6.45, 7) is 0. The second-order valence-electron chi connectivity index (χ2n) is 6.54. The van der Waals surface area contributed by atoms with Crippen LogP contribution in [0.1, 0.15) is 26.3 Å². The zero-order chi connectivity index (χ0) is 23.1. The maximum absolute atomic E-state index is 12.9. The van der Waals surface area contributed by atoms with Crippen molar-refractivity contribution in [3.63, 3.8) is 0 Å². The van der Waals surface area contributed by atoms with Crippen molar-refractivity contribution in [3.05, 3.63) is 87.9 Å². The molecule has 0 saturated heterocycles. The van der Waals surface area contributed by atoms with Crippen molar-refractivity contribution in [1.82, 2.24) is 0 Å². The molecule has 0 N–H and O–H groups in total. The molecule has 0 aromatic heterocycles. The number of carbonyl (C=O) groups excluding carboxylic acids is 2. The van der Waals surface area contributed by atoms with E-state index in [1.165, 1.54) is 26.4 Å². The van der Waals surface area contributed by atoms with Gasteiger partial charge in [0.2, 0.25) is 0 Å². The van der Waals surface area contributed by atoms with Crippen LogP contribution in [0.4, 0.5) is 0 Å². The van der Waals surface area contributed by atoms with Crippen LogP contribution < -0.4 is 18.9 Å². The Bertz CT molecular complexity index is 1170. The van der Waals surface area contributed by atoms with Crippen molar-refractivity contribution in [2.75, 3.05) is 21.3 Å². The van der Waals surface area contributed by atoms with E-state index < -0.39 is 5.97 Å². The molecule has 0 spiro atoms. The first-order valence-corrected chi connectivity index (χ1v) is 10.3. The molecule has 0 bridgehead atoms. The van der Waals surface area contributed by atoms with Gasteiger partial charge in [-0.15, -0.1) is 0 Å². The van der Waals surface area contributed by atoms with Crippen molar-refractivity contribution in [2.24, 2.45) is 0 Å². The molecule has 0 heterocycles. The summed E-state index contributed by atoms with van der Waals surface area (Å²) in [6.07, 6.45) is 3.06. The minimum Gasteiger partial charge on any atom is -0.496 e. The summed E-state index contributed by atoms with van der Waals surface area (Å²) in [6, 6.07) is 16.9. The van der Waals surface area contributed by atoms with Crippen molar-refractivity contribution >= 4 is 33.8 Å². The Morgan fingerprint density at radius 2 is 1.47 bits per heavy atom. The summed E-state index contributed by atoms with van der Waals surface area (Å²) in [5.41, 5.74) is 1.25. The average molecular weight is 497 g/mol. The second kappa shape index (κ2) is 10.6. The maximum Gasteiger partial charge on any atom is 0.343 e. The number of esters is 1. The highest BCUT2D eigenvalue weighted by Gasteiger charge is 2.17. The van der Waals surface area contributed by atoms with Crippen LogP contribution in [0.2, 0.25) is 0 Å². The average Bonchev–Trinajstić information content (AvgIpc) is 2.83. The number of hydrogen-bond acceptors (Lipinski definition) is 6. The van der Waals surface area contributed by atoms with Gasteiger partial charge in [-0.25, -0.2) is 4.79 Å². The van der Waals surface area contributed by atoms with Gasteiger partial charge in [0, 0.05) is 10.0 Å². The summed E-state index contributed by atoms with van der Waals surface area (Å²) >= 11 is 3.36. The standard InChI is InChI=1S/C25H21BrO6/c1-29-21-7-5-4-6-16(21)8-11-20(27)19-15-18(26)10-13-22(19)32-25(28)17-9-12-23(30-2)24(14-17)31-3/h4-15H,1-3H3/b11-8+. The van der Waals surface area contributed by atoms with E-state index in [2.05, 4.69) is 15.9 Å². The van der Waals surface area contributed by atoms with Crippen LogP contribution in [0, 0.1) is 0 Å². The van der Waals surface area contributed by atoms with Gasteiger partial charge in [0.15, 0.2) is 17.3 Å². The van der Waals surface area contributed by atoms with Crippen molar-refractivity contribution in [3.8, 4) is 23.0 Å². The molecule has 3 aromatic rings. The Kier molecular flexibility index (Phi) is 7.68. The number of rotatable bonds is 8. The lowest BCUT2D eigenvalue weighted by Gasteiger charge is -2.11. The zero-order valence-corrected chi connectivity index (χ0v) is 19.3. The first-order valence-electron chi connectivity index (χ1n) is 9.56. The molecule has 0 radical (unpaired) electrons. The van der Waals surface area contributed by atoms with Gasteiger partial charge in [-0.1, -0.05) is 34.1 Å². The number of halogens is 1. The fourth-order valence-corrected chi connectivity index (χ4v) is 3.33. The number of ether oxygens (including phenoxy) is 4. The highest BCUT2D eigenvalue weighted by atomic mass is 79.9. The molecule has 0 aliphatic rings. The first-order chi connectivity index (χ1) is 15.5. The molecule has 0 saturated carbocycles. The van der Waals surface area contributed by atoms with Crippen LogP contribution in [0.3, 0.4) is 0 Å². The van der Waals surface area contributed by atoms with Gasteiger partial charge in [0.1, 0.15) is 11.5 Å². The summed E-state index contributed by atoms with van der Waals surface area (Å²) in [7, 11) is 4.55. The summed E-state index contributed by atoms with van der Waals surface area (Å²) in [5, 5.41) is 0. The number of para-hydroxylation sites is 1. The minimum atomic E-state index is -0.629. The lowest BCUT2D eigenvalue weighted by Crippen LogP contribution is -2.11. The van der Waals surface area contributed by atoms with Gasteiger partial charge in [-0.2, -0.15) is 0 Å². The van der Waals surface area contributed by atoms with Crippen molar-refractivity contribution < 1.29 is 28.5 Å². The Labute approximate surface area is 194 Å². The largest absolute Gasteiger partial charge is 0.496 e. The van der Waals surface area contributed by atoms with E-state index in [4.69, 9.17) is 18.9 Å². The topological polar surface area (TPSA) is 71.1 Å². The molecule has 0 aliphatic carbocycles. The highest BCUT2D eigenvalue weighted by Crippen LogP contribution is 2.30. The molecule has 0 atom stereocenters. The minimum absolute atomic E-state index is 0.141. The quantitative estimate of drug-likeness (QED) is 0.175. The monoisotopic (exact) mass is 496 g/mol. The van der Waals surface area contributed by atoms with Gasteiger partial charge in [0.05, 0.1) is 32.5 Å². The molecule has 0 aliphatic heterocycles. The first kappa shape index (κ1) is 23.1. The van der Waals surface area contributed by atoms with Crippen LogP contribution in [0.25, 0.3) is 6.08 Å². The molecule has 164 valence electrons. The van der Waals surface area contributed by atoms with Crippen LogP contribution in [-0.4, -0.2) is 33.1 Å². The van der Waals surface area contributed by atoms with Crippen molar-refractivity contribution in [2.45, 2.75) is 0 Å². The third-order valence-electron chi connectivity index (χ3n) is 4.58. The Morgan fingerprint density at radius 3 is 2.19 bits per heavy atom. The fraction of sp³-hybridized carbons (Fsp3) is 0.120. The number of methoxy groups -OCH3 is 3. The molecule has 7 heteroatoms. The maximum atomic E-state index is 12.9. The fourth-order valence-electron chi connectivity index (χ4n) is 2.97. The third-order valence-corrected chi connectivity index (χ3v) is 5.08. The summed E-state index contributed by atoms with van der Waals surface area (Å²) in [4.78, 5) is 25.6. The summed E-state index contributed by atoms with van der Waals surface area (Å²) in [5.74, 6) is 0.718. The number of allylic oxidation sites excluding steroid dienone is 1. The lowest BCUT2D eigenvalue weighted by molar-refractivity contribution is 0.0732. The molecule has 6 nitrogen and oxygen atoms in total. The molecule has 3 rings (SSSR count). The van der Waals surface area contributed by atoms with E-state index in [1.807, 2.05) is 18.2 Å². The van der Waals surface area contributed by atoms with Gasteiger partial charge >= 0.3 is 5.97 Å². The molecule has 0 fully saturated rings. The van der Waals surface area contributed by atoms with Gasteiger partial charge in [0.25, 0.3) is 0 Å². The van der Waals surface area contributed by atoms with Crippen LogP contribution in [0.5, 0.6) is 23.0 Å². The van der Waals surface area contributed by atoms with Crippen LogP contribution >= 0.6 is 15.9 Å². The number of hydrogen-bond donors (Lipinski definition) is 0. The molecule has 0 unspecified atom stereocenters. The smallest absolute Gasteiger partial charge is 0.343 e. The third kappa shape index (κ3) is 5.36. The van der Waals surface area contributed by atoms with Gasteiger partial charge < -0.3 is 18.9 Å². The molecule has 32 heavy (non-hydrogen) atoms. The van der Waals surface area contributed by atoms with Crippen molar-refractivity contribution in [1.29, 1.82) is 0 Å². The normalized spacial score (nSPS) is 10.6. The molecular weight excluding hydrogens is 476 g/mol. The lowest BCUT2D eigenvalue weighted by atomic mass is 10.1. The molecule has 0 amide bonds. The Hall–Kier alpha value is -3.58. The number of carbonyl (C=O) groups is 2. The van der Waals surface area contributed by atoms with E-state index in [0.29, 0.717) is 21.7 Å². The van der Waals surface area contributed by atoms with E-state index in [-0.39, 0.29) is 22.7 Å². The van der Waals surface area contributed by atoms with Crippen LogP contribution in [-0.2, 0) is 0 Å². The van der Waals surface area contributed by atoms with Gasteiger partial charge in [-0.3, -0.25) is 4.79 Å². The zero-order valence-electron chi connectivity index (χ0n) is 17.8. The summed E-state index contributed by atoms with van der Waals surface area (Å²) < 4.78 is 21.9. The van der Waals surface area contributed by atoms with E-state index in [1.54, 1.807) is 49.6 Å². The molecular formula is C25H21BrO6. The number of benzene rings is 3. The SMILES string of the molecule is COc1ccccc1/C=C/C(=O)c1cc(Br)ccc1OC(=O)c1ccc(OC)c(OC)c1. The second-order valence-corrected chi connectivity index (χ2v) is 7.45. The highest BCUT2D eigenvalue weighted by molar-refractivity contribution is 9.10.